The summed E-state index contributed by atoms with van der Waals surface area (Å²) in [5, 5.41) is 2.06. The molecule has 0 saturated carbocycles. The Morgan fingerprint density at radius 1 is 1.21 bits per heavy atom. The third-order valence-corrected chi connectivity index (χ3v) is 6.71. The minimum absolute atomic E-state index is 0.170. The van der Waals surface area contributed by atoms with Gasteiger partial charge < -0.3 is 14.5 Å². The minimum Gasteiger partial charge on any atom is -0.441 e. The van der Waals surface area contributed by atoms with Crippen molar-refractivity contribution in [3.8, 4) is 0 Å². The van der Waals surface area contributed by atoms with E-state index in [9.17, 15) is 9.59 Å². The number of rotatable bonds is 1. The third-order valence-electron chi connectivity index (χ3n) is 5.62. The van der Waals surface area contributed by atoms with Crippen LogP contribution in [0, 0.1) is 0 Å². The molecule has 1 atom stereocenters. The fourth-order valence-electron chi connectivity index (χ4n) is 4.27. The topological polar surface area (TPSA) is 49.9 Å². The maximum Gasteiger partial charge on any atom is 0.410 e. The summed E-state index contributed by atoms with van der Waals surface area (Å²) in [6.45, 7) is 2.07. The lowest BCUT2D eigenvalue weighted by atomic mass is 9.95. The van der Waals surface area contributed by atoms with Crippen molar-refractivity contribution in [1.82, 2.24) is 9.80 Å². The van der Waals surface area contributed by atoms with E-state index < -0.39 is 5.60 Å². The van der Waals surface area contributed by atoms with Gasteiger partial charge in [-0.25, -0.2) is 4.79 Å². The van der Waals surface area contributed by atoms with Gasteiger partial charge in [0.25, 0.3) is 5.91 Å². The van der Waals surface area contributed by atoms with Crippen molar-refractivity contribution < 1.29 is 14.3 Å². The molecular weight excluding hydrogens is 324 g/mol. The molecule has 1 aliphatic carbocycles. The van der Waals surface area contributed by atoms with E-state index in [0.29, 0.717) is 13.1 Å². The monoisotopic (exact) mass is 348 g/mol. The Labute approximate surface area is 146 Å². The molecule has 2 amide bonds. The zero-order valence-electron chi connectivity index (χ0n) is 14.2. The zero-order chi connectivity index (χ0) is 16.7. The lowest BCUT2D eigenvalue weighted by Gasteiger charge is -2.25. The van der Waals surface area contributed by atoms with Gasteiger partial charge in [-0.05, 0) is 44.1 Å². The number of carbonyl (C=O) groups is 2. The van der Waals surface area contributed by atoms with E-state index in [1.54, 1.807) is 23.3 Å². The van der Waals surface area contributed by atoms with Gasteiger partial charge in [-0.1, -0.05) is 0 Å². The molecule has 1 aromatic rings. The third kappa shape index (κ3) is 2.70. The van der Waals surface area contributed by atoms with Crippen LogP contribution in [0.3, 0.4) is 0 Å². The minimum atomic E-state index is -0.394. The first-order chi connectivity index (χ1) is 11.6. The van der Waals surface area contributed by atoms with Crippen molar-refractivity contribution in [2.24, 2.45) is 0 Å². The zero-order valence-corrected chi connectivity index (χ0v) is 15.0. The maximum atomic E-state index is 13.0. The summed E-state index contributed by atoms with van der Waals surface area (Å²) < 4.78 is 5.64. The van der Waals surface area contributed by atoms with Crippen LogP contribution in [-0.4, -0.2) is 54.1 Å². The van der Waals surface area contributed by atoms with Crippen LogP contribution in [0.25, 0.3) is 0 Å². The van der Waals surface area contributed by atoms with Crippen LogP contribution in [0.5, 0.6) is 0 Å². The van der Waals surface area contributed by atoms with Crippen molar-refractivity contribution in [3.05, 3.63) is 21.4 Å². The van der Waals surface area contributed by atoms with Crippen LogP contribution in [0.2, 0.25) is 0 Å². The molecule has 4 rings (SSSR count). The van der Waals surface area contributed by atoms with E-state index in [-0.39, 0.29) is 12.0 Å². The Morgan fingerprint density at radius 2 is 2.04 bits per heavy atom. The van der Waals surface area contributed by atoms with E-state index in [1.165, 1.54) is 23.3 Å². The molecule has 130 valence electrons. The highest BCUT2D eigenvalue weighted by atomic mass is 32.1. The number of aryl methyl sites for hydroxylation is 1. The summed E-state index contributed by atoms with van der Waals surface area (Å²) >= 11 is 1.75. The first kappa shape index (κ1) is 15.9. The summed E-state index contributed by atoms with van der Waals surface area (Å²) in [6, 6.07) is 0. The summed E-state index contributed by atoms with van der Waals surface area (Å²) in [5.41, 5.74) is 1.82. The molecule has 3 heterocycles. The average molecular weight is 348 g/mol. The van der Waals surface area contributed by atoms with Gasteiger partial charge in [0.2, 0.25) is 0 Å². The average Bonchev–Trinajstić information content (AvgIpc) is 3.04. The molecule has 0 aromatic carbocycles. The second-order valence-corrected chi connectivity index (χ2v) is 8.28. The number of carbonyl (C=O) groups excluding carboxylic acids is 2. The summed E-state index contributed by atoms with van der Waals surface area (Å²) in [6.07, 6.45) is 6.83. The number of thiophene rings is 1. The molecule has 2 aliphatic heterocycles. The van der Waals surface area contributed by atoms with Gasteiger partial charge in [0.1, 0.15) is 5.60 Å². The van der Waals surface area contributed by atoms with Gasteiger partial charge in [0.15, 0.2) is 0 Å². The lowest BCUT2D eigenvalue weighted by Crippen LogP contribution is -2.37. The molecule has 0 bridgehead atoms. The highest BCUT2D eigenvalue weighted by Crippen LogP contribution is 2.34. The van der Waals surface area contributed by atoms with Crippen LogP contribution in [0.15, 0.2) is 5.38 Å². The molecular formula is C18H24N2O3S. The predicted molar refractivity (Wildman–Crippen MR) is 92.6 cm³/mol. The summed E-state index contributed by atoms with van der Waals surface area (Å²) in [5.74, 6) is 0.170. The quantitative estimate of drug-likeness (QED) is 0.784. The molecule has 5 nitrogen and oxygen atoms in total. The Kier molecular flexibility index (Phi) is 4.03. The van der Waals surface area contributed by atoms with Crippen LogP contribution in [0.1, 0.15) is 52.9 Å². The Balaban J connectivity index is 1.49. The van der Waals surface area contributed by atoms with Gasteiger partial charge in [0, 0.05) is 36.8 Å². The Hall–Kier alpha value is -1.56. The number of ether oxygens (including phenoxy) is 1. The number of amides is 2. The largest absolute Gasteiger partial charge is 0.441 e. The number of nitrogens with zero attached hydrogens (tertiary/aromatic N) is 2. The van der Waals surface area contributed by atoms with Gasteiger partial charge in [-0.3, -0.25) is 4.79 Å². The molecule has 3 aliphatic rings. The van der Waals surface area contributed by atoms with Crippen molar-refractivity contribution in [2.45, 2.75) is 50.5 Å². The van der Waals surface area contributed by atoms with E-state index >= 15 is 0 Å². The van der Waals surface area contributed by atoms with Crippen molar-refractivity contribution >= 4 is 23.3 Å². The number of fused-ring (bicyclic) bond motifs is 1. The van der Waals surface area contributed by atoms with Gasteiger partial charge >= 0.3 is 6.09 Å². The molecule has 2 fully saturated rings. The van der Waals surface area contributed by atoms with E-state index in [2.05, 4.69) is 5.38 Å². The normalized spacial score (nSPS) is 27.1. The van der Waals surface area contributed by atoms with Crippen molar-refractivity contribution in [1.29, 1.82) is 0 Å². The fraction of sp³-hybridized carbons (Fsp3) is 0.667. The number of likely N-dealkylation sites (tertiary alicyclic amines) is 1. The second kappa shape index (κ2) is 6.06. The Morgan fingerprint density at radius 3 is 2.83 bits per heavy atom. The lowest BCUT2D eigenvalue weighted by molar-refractivity contribution is 0.0438. The Bertz CT molecular complexity index is 671. The molecule has 1 spiro atoms. The molecule has 1 unspecified atom stereocenters. The first-order valence-corrected chi connectivity index (χ1v) is 9.79. The van der Waals surface area contributed by atoms with E-state index in [0.717, 1.165) is 44.2 Å². The van der Waals surface area contributed by atoms with E-state index in [4.69, 9.17) is 4.74 Å². The molecule has 0 radical (unpaired) electrons. The predicted octanol–water partition coefficient (Wildman–Crippen LogP) is 3.07. The van der Waals surface area contributed by atoms with Crippen LogP contribution in [-0.2, 0) is 17.6 Å². The van der Waals surface area contributed by atoms with Crippen LogP contribution in [0.4, 0.5) is 4.79 Å². The molecule has 2 saturated heterocycles. The number of hydrogen-bond donors (Lipinski definition) is 0. The SMILES string of the molecule is CN1CC2(CCCN(C(=O)c3csc4c3CCCC4)CC2)OC1=O. The van der Waals surface area contributed by atoms with Gasteiger partial charge in [0.05, 0.1) is 12.1 Å². The first-order valence-electron chi connectivity index (χ1n) is 8.91. The van der Waals surface area contributed by atoms with Gasteiger partial charge in [-0.15, -0.1) is 11.3 Å². The number of hydrogen-bond acceptors (Lipinski definition) is 4. The summed E-state index contributed by atoms with van der Waals surface area (Å²) in [4.78, 5) is 29.8. The smallest absolute Gasteiger partial charge is 0.410 e. The summed E-state index contributed by atoms with van der Waals surface area (Å²) in [7, 11) is 1.78. The molecule has 24 heavy (non-hydrogen) atoms. The van der Waals surface area contributed by atoms with Crippen LogP contribution < -0.4 is 0 Å². The maximum absolute atomic E-state index is 13.0. The highest BCUT2D eigenvalue weighted by Gasteiger charge is 2.44. The highest BCUT2D eigenvalue weighted by molar-refractivity contribution is 7.10. The van der Waals surface area contributed by atoms with Crippen molar-refractivity contribution in [3.63, 3.8) is 0 Å². The van der Waals surface area contributed by atoms with E-state index in [1.807, 2.05) is 4.90 Å². The standard InChI is InChI=1S/C18H24N2O3S/c1-19-12-18(23-17(19)22)7-4-9-20(10-8-18)16(21)14-11-24-15-6-3-2-5-13(14)15/h11H,2-10,12H2,1H3. The fourth-order valence-corrected chi connectivity index (χ4v) is 5.39. The number of likely N-dealkylation sites (N-methyl/N-ethyl adjacent to an activating group) is 1. The molecule has 6 heteroatoms. The van der Waals surface area contributed by atoms with Crippen LogP contribution >= 0.6 is 11.3 Å². The van der Waals surface area contributed by atoms with Crippen molar-refractivity contribution in [2.75, 3.05) is 26.7 Å². The molecule has 1 aromatic heterocycles. The molecule has 0 N–H and O–H groups in total. The second-order valence-electron chi connectivity index (χ2n) is 7.31. The van der Waals surface area contributed by atoms with Gasteiger partial charge in [-0.2, -0.15) is 0 Å².